The molecule has 3 nitrogen and oxygen atoms in total. The van der Waals surface area contributed by atoms with Gasteiger partial charge in [-0.15, -0.1) is 23.5 Å². The van der Waals surface area contributed by atoms with E-state index in [1.165, 1.54) is 23.5 Å². The van der Waals surface area contributed by atoms with Gasteiger partial charge in [0.25, 0.3) is 5.91 Å². The summed E-state index contributed by atoms with van der Waals surface area (Å²) in [7, 11) is 0. The molecular formula is C22H21NO2S2. The number of thioether (sulfide) groups is 2. The van der Waals surface area contributed by atoms with Crippen molar-refractivity contribution in [1.29, 1.82) is 0 Å². The van der Waals surface area contributed by atoms with Gasteiger partial charge in [-0.25, -0.2) is 0 Å². The Labute approximate surface area is 167 Å². The summed E-state index contributed by atoms with van der Waals surface area (Å²) in [5.74, 6) is 2.96. The molecule has 1 aliphatic rings. The van der Waals surface area contributed by atoms with E-state index >= 15 is 0 Å². The standard InChI is InChI=1S/C22H21NO2S2/c24-21(15-25-20-10-9-16-5-1-2-6-17(16)14-20)23-19-8-3-7-18(13-19)22-26-11-4-12-27-22/h1-3,5-10,13-14,22H,4,11-12,15H2,(H,23,24). The normalized spacial score (nSPS) is 14.8. The number of benzene rings is 3. The van der Waals surface area contributed by atoms with Crippen LogP contribution in [0.2, 0.25) is 0 Å². The number of amides is 1. The highest BCUT2D eigenvalue weighted by molar-refractivity contribution is 8.16. The lowest BCUT2D eigenvalue weighted by molar-refractivity contribution is -0.118. The maximum Gasteiger partial charge on any atom is 0.262 e. The predicted molar refractivity (Wildman–Crippen MR) is 117 cm³/mol. The van der Waals surface area contributed by atoms with Crippen molar-refractivity contribution in [2.75, 3.05) is 23.4 Å². The molecule has 0 aromatic heterocycles. The van der Waals surface area contributed by atoms with Crippen LogP contribution in [0, 0.1) is 0 Å². The average molecular weight is 396 g/mol. The highest BCUT2D eigenvalue weighted by Crippen LogP contribution is 2.44. The van der Waals surface area contributed by atoms with Gasteiger partial charge in [-0.2, -0.15) is 0 Å². The van der Waals surface area contributed by atoms with Crippen LogP contribution >= 0.6 is 23.5 Å². The summed E-state index contributed by atoms with van der Waals surface area (Å²) in [5, 5.41) is 5.21. The minimum atomic E-state index is -0.149. The lowest BCUT2D eigenvalue weighted by Crippen LogP contribution is -2.20. The van der Waals surface area contributed by atoms with Gasteiger partial charge in [0.1, 0.15) is 5.75 Å². The van der Waals surface area contributed by atoms with Crippen LogP contribution in [0.5, 0.6) is 5.75 Å². The van der Waals surface area contributed by atoms with Crippen molar-refractivity contribution >= 4 is 45.9 Å². The fourth-order valence-corrected chi connectivity index (χ4v) is 5.92. The smallest absolute Gasteiger partial charge is 0.262 e. The topological polar surface area (TPSA) is 38.3 Å². The molecule has 5 heteroatoms. The first-order valence-electron chi connectivity index (χ1n) is 9.02. The molecule has 0 saturated carbocycles. The van der Waals surface area contributed by atoms with E-state index < -0.39 is 0 Å². The first-order chi connectivity index (χ1) is 13.3. The molecule has 1 fully saturated rings. The SMILES string of the molecule is O=C(COc1ccc2ccccc2c1)Nc1cccc(C2SCCCS2)c1. The van der Waals surface area contributed by atoms with E-state index in [1.54, 1.807) is 0 Å². The zero-order valence-corrected chi connectivity index (χ0v) is 16.5. The molecule has 0 radical (unpaired) electrons. The fourth-order valence-electron chi connectivity index (χ4n) is 3.05. The van der Waals surface area contributed by atoms with Crippen LogP contribution in [0.3, 0.4) is 0 Å². The summed E-state index contributed by atoms with van der Waals surface area (Å²) in [6.45, 7) is -0.00447. The molecule has 1 heterocycles. The number of carbonyl (C=O) groups excluding carboxylic acids is 1. The highest BCUT2D eigenvalue weighted by atomic mass is 32.2. The molecule has 0 aliphatic carbocycles. The van der Waals surface area contributed by atoms with Gasteiger partial charge in [0.05, 0.1) is 4.58 Å². The molecule has 0 atom stereocenters. The van der Waals surface area contributed by atoms with E-state index in [0.717, 1.165) is 16.5 Å². The number of nitrogens with one attached hydrogen (secondary N) is 1. The van der Waals surface area contributed by atoms with Crippen LogP contribution in [0.1, 0.15) is 16.6 Å². The van der Waals surface area contributed by atoms with Crippen LogP contribution in [0.15, 0.2) is 66.7 Å². The van der Waals surface area contributed by atoms with Crippen molar-refractivity contribution in [2.45, 2.75) is 11.0 Å². The summed E-state index contributed by atoms with van der Waals surface area (Å²) in [6.07, 6.45) is 1.27. The van der Waals surface area contributed by atoms with Gasteiger partial charge in [-0.1, -0.05) is 42.5 Å². The fraction of sp³-hybridized carbons (Fsp3) is 0.227. The second-order valence-electron chi connectivity index (χ2n) is 6.40. The van der Waals surface area contributed by atoms with Crippen LogP contribution in [0.25, 0.3) is 10.8 Å². The first kappa shape index (κ1) is 18.3. The van der Waals surface area contributed by atoms with Gasteiger partial charge in [0, 0.05) is 5.69 Å². The molecule has 0 unspecified atom stereocenters. The van der Waals surface area contributed by atoms with Crippen molar-refractivity contribution in [3.63, 3.8) is 0 Å². The molecular weight excluding hydrogens is 374 g/mol. The minimum absolute atomic E-state index is 0.00447. The predicted octanol–water partition coefficient (Wildman–Crippen LogP) is 5.73. The number of hydrogen-bond donors (Lipinski definition) is 1. The number of carbonyl (C=O) groups is 1. The van der Waals surface area contributed by atoms with Crippen molar-refractivity contribution in [2.24, 2.45) is 0 Å². The van der Waals surface area contributed by atoms with Gasteiger partial charge < -0.3 is 10.1 Å². The Kier molecular flexibility index (Phi) is 5.90. The van der Waals surface area contributed by atoms with Crippen LogP contribution in [-0.4, -0.2) is 24.0 Å². The number of fused-ring (bicyclic) bond motifs is 1. The number of ether oxygens (including phenoxy) is 1. The second kappa shape index (κ2) is 8.72. The van der Waals surface area contributed by atoms with E-state index in [0.29, 0.717) is 10.3 Å². The van der Waals surface area contributed by atoms with Crippen molar-refractivity contribution < 1.29 is 9.53 Å². The van der Waals surface area contributed by atoms with Crippen LogP contribution in [-0.2, 0) is 4.79 Å². The Hall–Kier alpha value is -2.11. The zero-order chi connectivity index (χ0) is 18.5. The maximum absolute atomic E-state index is 12.3. The quantitative estimate of drug-likeness (QED) is 0.599. The van der Waals surface area contributed by atoms with Gasteiger partial charge in [0.2, 0.25) is 0 Å². The van der Waals surface area contributed by atoms with E-state index in [9.17, 15) is 4.79 Å². The third-order valence-corrected chi connectivity index (χ3v) is 7.38. The molecule has 1 saturated heterocycles. The van der Waals surface area contributed by atoms with E-state index in [-0.39, 0.29) is 12.5 Å². The summed E-state index contributed by atoms with van der Waals surface area (Å²) >= 11 is 3.96. The first-order valence-corrected chi connectivity index (χ1v) is 11.1. The molecule has 27 heavy (non-hydrogen) atoms. The summed E-state index contributed by atoms with van der Waals surface area (Å²) in [5.41, 5.74) is 2.09. The third-order valence-electron chi connectivity index (χ3n) is 4.36. The molecule has 3 aromatic carbocycles. The number of hydrogen-bond acceptors (Lipinski definition) is 4. The van der Waals surface area contributed by atoms with Gasteiger partial charge in [0.15, 0.2) is 6.61 Å². The van der Waals surface area contributed by atoms with Gasteiger partial charge in [-0.05, 0) is 58.5 Å². The van der Waals surface area contributed by atoms with Crippen LogP contribution < -0.4 is 10.1 Å². The summed E-state index contributed by atoms with van der Waals surface area (Å²) < 4.78 is 6.14. The Balaban J connectivity index is 1.36. The number of rotatable bonds is 5. The van der Waals surface area contributed by atoms with E-state index in [2.05, 4.69) is 23.5 Å². The molecule has 1 aliphatic heterocycles. The van der Waals surface area contributed by atoms with Crippen molar-refractivity contribution in [3.8, 4) is 5.75 Å². The average Bonchev–Trinajstić information content (AvgIpc) is 2.73. The molecule has 0 spiro atoms. The molecule has 4 rings (SSSR count). The Morgan fingerprint density at radius 1 is 0.963 bits per heavy atom. The summed E-state index contributed by atoms with van der Waals surface area (Å²) in [6, 6.07) is 22.1. The second-order valence-corrected chi connectivity index (χ2v) is 9.12. The maximum atomic E-state index is 12.3. The summed E-state index contributed by atoms with van der Waals surface area (Å²) in [4.78, 5) is 12.3. The van der Waals surface area contributed by atoms with Gasteiger partial charge >= 0.3 is 0 Å². The van der Waals surface area contributed by atoms with Crippen LogP contribution in [0.4, 0.5) is 5.69 Å². The lowest BCUT2D eigenvalue weighted by Gasteiger charge is -2.21. The number of anilines is 1. The molecule has 138 valence electrons. The third kappa shape index (κ3) is 4.79. The Bertz CT molecular complexity index is 938. The van der Waals surface area contributed by atoms with Gasteiger partial charge in [-0.3, -0.25) is 4.79 Å². The largest absolute Gasteiger partial charge is 0.484 e. The Morgan fingerprint density at radius 2 is 1.78 bits per heavy atom. The lowest BCUT2D eigenvalue weighted by atomic mass is 10.1. The molecule has 0 bridgehead atoms. The van der Waals surface area contributed by atoms with E-state index in [4.69, 9.17) is 4.74 Å². The molecule has 1 amide bonds. The monoisotopic (exact) mass is 395 g/mol. The molecule has 3 aromatic rings. The highest BCUT2D eigenvalue weighted by Gasteiger charge is 2.17. The van der Waals surface area contributed by atoms with Crippen molar-refractivity contribution in [3.05, 3.63) is 72.3 Å². The molecule has 1 N–H and O–H groups in total. The van der Waals surface area contributed by atoms with Crippen molar-refractivity contribution in [1.82, 2.24) is 0 Å². The zero-order valence-electron chi connectivity index (χ0n) is 14.9. The van der Waals surface area contributed by atoms with E-state index in [1.807, 2.05) is 72.1 Å². The minimum Gasteiger partial charge on any atom is -0.484 e. The Morgan fingerprint density at radius 3 is 2.63 bits per heavy atom.